The van der Waals surface area contributed by atoms with Crippen LogP contribution < -0.4 is 0 Å². The summed E-state index contributed by atoms with van der Waals surface area (Å²) in [6.07, 6.45) is 3.56. The van der Waals surface area contributed by atoms with Crippen LogP contribution in [0.3, 0.4) is 0 Å². The quantitative estimate of drug-likeness (QED) is 0.829. The number of hydrogen-bond donors (Lipinski definition) is 0. The lowest BCUT2D eigenvalue weighted by molar-refractivity contribution is 0.0784. The maximum Gasteiger partial charge on any atom is 0.257 e. The van der Waals surface area contributed by atoms with Gasteiger partial charge in [0.25, 0.3) is 5.91 Å². The molecular formula is C13H19N5O. The van der Waals surface area contributed by atoms with Crippen LogP contribution in [0.2, 0.25) is 0 Å². The highest BCUT2D eigenvalue weighted by molar-refractivity contribution is 5.94. The van der Waals surface area contributed by atoms with E-state index >= 15 is 0 Å². The molecule has 19 heavy (non-hydrogen) atoms. The normalized spacial score (nSPS) is 10.8. The standard InChI is InChI=1S/C13H19N5O/c1-9-12(8-17(4)15-9)13(19)16(3)7-11-6-14-18(5)10(11)2/h6,8H,7H2,1-5H3. The Balaban J connectivity index is 2.16. The Labute approximate surface area is 112 Å². The minimum absolute atomic E-state index is 0.0196. The molecule has 0 aromatic carbocycles. The van der Waals surface area contributed by atoms with Gasteiger partial charge in [-0.25, -0.2) is 0 Å². The number of carbonyl (C=O) groups is 1. The van der Waals surface area contributed by atoms with Crippen molar-refractivity contribution in [3.05, 3.63) is 34.9 Å². The van der Waals surface area contributed by atoms with E-state index in [9.17, 15) is 4.79 Å². The largest absolute Gasteiger partial charge is 0.337 e. The minimum atomic E-state index is -0.0196. The molecule has 0 unspecified atom stereocenters. The Hall–Kier alpha value is -2.11. The molecule has 0 atom stereocenters. The summed E-state index contributed by atoms with van der Waals surface area (Å²) in [5.74, 6) is -0.0196. The highest BCUT2D eigenvalue weighted by Crippen LogP contribution is 2.13. The molecule has 6 heteroatoms. The van der Waals surface area contributed by atoms with Crippen LogP contribution in [0.25, 0.3) is 0 Å². The van der Waals surface area contributed by atoms with E-state index in [0.29, 0.717) is 12.1 Å². The minimum Gasteiger partial charge on any atom is -0.337 e. The third kappa shape index (κ3) is 2.52. The van der Waals surface area contributed by atoms with Gasteiger partial charge in [0.05, 0.1) is 17.5 Å². The van der Waals surface area contributed by atoms with Gasteiger partial charge >= 0.3 is 0 Å². The third-order valence-corrected chi connectivity index (χ3v) is 3.33. The zero-order chi connectivity index (χ0) is 14.2. The molecule has 1 amide bonds. The molecule has 0 bridgehead atoms. The van der Waals surface area contributed by atoms with Crippen molar-refractivity contribution in [3.8, 4) is 0 Å². The summed E-state index contributed by atoms with van der Waals surface area (Å²) in [6.45, 7) is 4.39. The molecule has 0 saturated heterocycles. The summed E-state index contributed by atoms with van der Waals surface area (Å²) in [4.78, 5) is 14.0. The zero-order valence-corrected chi connectivity index (χ0v) is 12.0. The maximum atomic E-state index is 12.3. The SMILES string of the molecule is Cc1nn(C)cc1C(=O)N(C)Cc1cnn(C)c1C. The van der Waals surface area contributed by atoms with Crippen molar-refractivity contribution in [1.82, 2.24) is 24.5 Å². The first-order valence-electron chi connectivity index (χ1n) is 6.13. The lowest BCUT2D eigenvalue weighted by atomic mass is 10.2. The lowest BCUT2D eigenvalue weighted by Crippen LogP contribution is -2.26. The number of carbonyl (C=O) groups excluding carboxylic acids is 1. The highest BCUT2D eigenvalue weighted by Gasteiger charge is 2.18. The van der Waals surface area contributed by atoms with Crippen LogP contribution in [0.15, 0.2) is 12.4 Å². The predicted octanol–water partition coefficient (Wildman–Crippen LogP) is 1.04. The second-order valence-electron chi connectivity index (χ2n) is 4.84. The Bertz CT molecular complexity index is 611. The van der Waals surface area contributed by atoms with E-state index in [1.165, 1.54) is 0 Å². The van der Waals surface area contributed by atoms with Crippen molar-refractivity contribution in [2.24, 2.45) is 14.1 Å². The Morgan fingerprint density at radius 3 is 2.53 bits per heavy atom. The van der Waals surface area contributed by atoms with Gasteiger partial charge in [0.15, 0.2) is 0 Å². The van der Waals surface area contributed by atoms with E-state index in [1.54, 1.807) is 29.0 Å². The van der Waals surface area contributed by atoms with Crippen molar-refractivity contribution in [3.63, 3.8) is 0 Å². The van der Waals surface area contributed by atoms with E-state index < -0.39 is 0 Å². The van der Waals surface area contributed by atoms with Crippen LogP contribution in [0.1, 0.15) is 27.3 Å². The molecule has 0 saturated carbocycles. The van der Waals surface area contributed by atoms with Crippen LogP contribution in [0, 0.1) is 13.8 Å². The summed E-state index contributed by atoms with van der Waals surface area (Å²) in [6, 6.07) is 0. The van der Waals surface area contributed by atoms with Gasteiger partial charge in [0.1, 0.15) is 0 Å². The van der Waals surface area contributed by atoms with Gasteiger partial charge in [-0.05, 0) is 13.8 Å². The van der Waals surface area contributed by atoms with Crippen LogP contribution >= 0.6 is 0 Å². The van der Waals surface area contributed by atoms with Gasteiger partial charge in [-0.3, -0.25) is 14.2 Å². The fourth-order valence-electron chi connectivity index (χ4n) is 2.04. The number of hydrogen-bond acceptors (Lipinski definition) is 3. The Morgan fingerprint density at radius 1 is 1.37 bits per heavy atom. The van der Waals surface area contributed by atoms with Gasteiger partial charge in [0.2, 0.25) is 0 Å². The van der Waals surface area contributed by atoms with Crippen molar-refractivity contribution in [1.29, 1.82) is 0 Å². The molecule has 0 fully saturated rings. The molecule has 6 nitrogen and oxygen atoms in total. The fourth-order valence-corrected chi connectivity index (χ4v) is 2.04. The Morgan fingerprint density at radius 2 is 2.05 bits per heavy atom. The van der Waals surface area contributed by atoms with Crippen LogP contribution in [0.4, 0.5) is 0 Å². The molecule has 0 aliphatic carbocycles. The van der Waals surface area contributed by atoms with Crippen molar-refractivity contribution in [2.45, 2.75) is 20.4 Å². The summed E-state index contributed by atoms with van der Waals surface area (Å²) >= 11 is 0. The molecule has 0 aliphatic rings. The van der Waals surface area contributed by atoms with Gasteiger partial charge < -0.3 is 4.90 Å². The smallest absolute Gasteiger partial charge is 0.257 e. The first kappa shape index (κ1) is 13.3. The molecule has 2 aromatic heterocycles. The van der Waals surface area contributed by atoms with Crippen molar-refractivity contribution < 1.29 is 4.79 Å². The van der Waals surface area contributed by atoms with Gasteiger partial charge in [0, 0.05) is 45.1 Å². The summed E-state index contributed by atoms with van der Waals surface area (Å²) < 4.78 is 3.47. The van der Waals surface area contributed by atoms with Crippen LogP contribution in [-0.4, -0.2) is 37.4 Å². The molecule has 0 aliphatic heterocycles. The Kier molecular flexibility index (Phi) is 3.42. The predicted molar refractivity (Wildman–Crippen MR) is 71.7 cm³/mol. The first-order valence-corrected chi connectivity index (χ1v) is 6.13. The van der Waals surface area contributed by atoms with Crippen LogP contribution in [-0.2, 0) is 20.6 Å². The number of rotatable bonds is 3. The van der Waals surface area contributed by atoms with E-state index in [0.717, 1.165) is 17.0 Å². The number of nitrogens with zero attached hydrogens (tertiary/aromatic N) is 5. The van der Waals surface area contributed by atoms with E-state index in [1.807, 2.05) is 32.6 Å². The summed E-state index contributed by atoms with van der Waals surface area (Å²) in [5, 5.41) is 8.38. The van der Waals surface area contributed by atoms with Crippen molar-refractivity contribution >= 4 is 5.91 Å². The lowest BCUT2D eigenvalue weighted by Gasteiger charge is -2.16. The van der Waals surface area contributed by atoms with Gasteiger partial charge in [-0.15, -0.1) is 0 Å². The average Bonchev–Trinajstić information content (AvgIpc) is 2.84. The van der Waals surface area contributed by atoms with Gasteiger partial charge in [-0.2, -0.15) is 10.2 Å². The molecule has 0 N–H and O–H groups in total. The summed E-state index contributed by atoms with van der Waals surface area (Å²) in [7, 11) is 5.50. The maximum absolute atomic E-state index is 12.3. The molecule has 0 spiro atoms. The second kappa shape index (κ2) is 4.87. The molecule has 2 heterocycles. The third-order valence-electron chi connectivity index (χ3n) is 3.33. The topological polar surface area (TPSA) is 56.0 Å². The van der Waals surface area contributed by atoms with E-state index in [2.05, 4.69) is 10.2 Å². The van der Waals surface area contributed by atoms with Gasteiger partial charge in [-0.1, -0.05) is 0 Å². The van der Waals surface area contributed by atoms with Crippen molar-refractivity contribution in [2.75, 3.05) is 7.05 Å². The average molecular weight is 261 g/mol. The zero-order valence-electron chi connectivity index (χ0n) is 12.0. The molecular weight excluding hydrogens is 242 g/mol. The molecule has 2 rings (SSSR count). The molecule has 2 aromatic rings. The van der Waals surface area contributed by atoms with Crippen LogP contribution in [0.5, 0.6) is 0 Å². The summed E-state index contributed by atoms with van der Waals surface area (Å²) in [5.41, 5.74) is 3.52. The van der Waals surface area contributed by atoms with E-state index in [4.69, 9.17) is 0 Å². The first-order chi connectivity index (χ1) is 8.90. The second-order valence-corrected chi connectivity index (χ2v) is 4.84. The molecule has 0 radical (unpaired) electrons. The highest BCUT2D eigenvalue weighted by atomic mass is 16.2. The molecule has 102 valence electrons. The number of amides is 1. The number of aromatic nitrogens is 4. The fraction of sp³-hybridized carbons (Fsp3) is 0.462. The van der Waals surface area contributed by atoms with E-state index in [-0.39, 0.29) is 5.91 Å². The number of aryl methyl sites for hydroxylation is 3. The monoisotopic (exact) mass is 261 g/mol.